The average molecular weight is 229 g/mol. The first-order valence-electron chi connectivity index (χ1n) is 6.13. The maximum absolute atomic E-state index is 12.0. The Kier molecular flexibility index (Phi) is 8.21. The van der Waals surface area contributed by atoms with Gasteiger partial charge in [0.2, 0.25) is 5.91 Å². The second-order valence-electron chi connectivity index (χ2n) is 4.73. The highest BCUT2D eigenvalue weighted by Gasteiger charge is 2.15. The van der Waals surface area contributed by atoms with Crippen molar-refractivity contribution in [2.24, 2.45) is 11.7 Å². The van der Waals surface area contributed by atoms with E-state index in [1.54, 1.807) is 0 Å². The van der Waals surface area contributed by atoms with Gasteiger partial charge in [0.15, 0.2) is 0 Å². The third kappa shape index (κ3) is 6.80. The lowest BCUT2D eigenvalue weighted by Gasteiger charge is -2.25. The van der Waals surface area contributed by atoms with Crippen molar-refractivity contribution in [2.75, 3.05) is 40.3 Å². The Morgan fingerprint density at radius 3 is 2.31 bits per heavy atom. The minimum Gasteiger partial charge on any atom is -0.341 e. The maximum Gasteiger partial charge on any atom is 0.222 e. The van der Waals surface area contributed by atoms with Crippen molar-refractivity contribution in [3.05, 3.63) is 0 Å². The zero-order valence-corrected chi connectivity index (χ0v) is 11.2. The molecular formula is C12H27N3O. The number of rotatable bonds is 8. The summed E-state index contributed by atoms with van der Waals surface area (Å²) in [6.45, 7) is 7.29. The van der Waals surface area contributed by atoms with Crippen LogP contribution in [0, 0.1) is 5.92 Å². The summed E-state index contributed by atoms with van der Waals surface area (Å²) in [5, 5.41) is 0. The van der Waals surface area contributed by atoms with E-state index < -0.39 is 0 Å². The number of hydrogen-bond donors (Lipinski definition) is 1. The Balaban J connectivity index is 4.12. The zero-order valence-electron chi connectivity index (χ0n) is 11.2. The van der Waals surface area contributed by atoms with Gasteiger partial charge in [0, 0.05) is 26.1 Å². The summed E-state index contributed by atoms with van der Waals surface area (Å²) in [4.78, 5) is 16.0. The van der Waals surface area contributed by atoms with Crippen LogP contribution in [-0.4, -0.2) is 56.0 Å². The van der Waals surface area contributed by atoms with E-state index in [-0.39, 0.29) is 11.8 Å². The van der Waals surface area contributed by atoms with Gasteiger partial charge in [-0.1, -0.05) is 13.8 Å². The van der Waals surface area contributed by atoms with Crippen LogP contribution in [0.2, 0.25) is 0 Å². The van der Waals surface area contributed by atoms with Crippen molar-refractivity contribution >= 4 is 5.91 Å². The van der Waals surface area contributed by atoms with Crippen LogP contribution in [0.1, 0.15) is 26.7 Å². The van der Waals surface area contributed by atoms with Crippen molar-refractivity contribution < 1.29 is 4.79 Å². The van der Waals surface area contributed by atoms with Crippen LogP contribution < -0.4 is 5.73 Å². The molecule has 1 unspecified atom stereocenters. The summed E-state index contributed by atoms with van der Waals surface area (Å²) >= 11 is 0. The maximum atomic E-state index is 12.0. The van der Waals surface area contributed by atoms with Crippen molar-refractivity contribution in [2.45, 2.75) is 26.7 Å². The molecule has 0 spiro atoms. The first-order chi connectivity index (χ1) is 7.51. The minimum atomic E-state index is 0.238. The molecule has 1 atom stereocenters. The molecule has 96 valence electrons. The molecule has 2 N–H and O–H groups in total. The smallest absolute Gasteiger partial charge is 0.222 e. The highest BCUT2D eigenvalue weighted by atomic mass is 16.2. The Morgan fingerprint density at radius 2 is 1.88 bits per heavy atom. The van der Waals surface area contributed by atoms with E-state index in [0.717, 1.165) is 26.1 Å². The molecule has 1 amide bonds. The molecule has 16 heavy (non-hydrogen) atoms. The number of hydrogen-bond acceptors (Lipinski definition) is 3. The van der Waals surface area contributed by atoms with Gasteiger partial charge < -0.3 is 15.5 Å². The largest absolute Gasteiger partial charge is 0.341 e. The molecule has 0 aromatic heterocycles. The van der Waals surface area contributed by atoms with E-state index in [2.05, 4.69) is 11.8 Å². The fourth-order valence-electron chi connectivity index (χ4n) is 1.46. The summed E-state index contributed by atoms with van der Waals surface area (Å²) in [6, 6.07) is 0. The van der Waals surface area contributed by atoms with Gasteiger partial charge >= 0.3 is 0 Å². The fraction of sp³-hybridized carbons (Fsp3) is 0.917. The van der Waals surface area contributed by atoms with Gasteiger partial charge in [-0.05, 0) is 33.0 Å². The van der Waals surface area contributed by atoms with Crippen LogP contribution in [0.15, 0.2) is 0 Å². The topological polar surface area (TPSA) is 49.6 Å². The van der Waals surface area contributed by atoms with Gasteiger partial charge in [-0.25, -0.2) is 0 Å². The molecule has 0 saturated carbocycles. The molecule has 4 nitrogen and oxygen atoms in total. The van der Waals surface area contributed by atoms with Crippen LogP contribution in [0.25, 0.3) is 0 Å². The predicted octanol–water partition coefficient (Wildman–Crippen LogP) is 0.772. The molecule has 0 rings (SSSR count). The number of carbonyl (C=O) groups is 1. The van der Waals surface area contributed by atoms with Crippen LogP contribution >= 0.6 is 0 Å². The molecule has 0 bridgehead atoms. The second-order valence-corrected chi connectivity index (χ2v) is 4.73. The number of carbonyl (C=O) groups excluding carboxylic acids is 1. The highest BCUT2D eigenvalue weighted by Crippen LogP contribution is 2.04. The van der Waals surface area contributed by atoms with E-state index in [0.29, 0.717) is 13.0 Å². The molecule has 0 heterocycles. The molecule has 4 heteroatoms. The summed E-state index contributed by atoms with van der Waals surface area (Å²) < 4.78 is 0. The molecule has 0 aliphatic heterocycles. The van der Waals surface area contributed by atoms with E-state index in [1.165, 1.54) is 0 Å². The number of nitrogens with two attached hydrogens (primary N) is 1. The molecule has 0 radical (unpaired) electrons. The molecule has 0 aromatic carbocycles. The lowest BCUT2D eigenvalue weighted by atomic mass is 10.1. The molecule has 0 aliphatic rings. The van der Waals surface area contributed by atoms with Crippen LogP contribution in [-0.2, 0) is 4.79 Å². The third-order valence-electron chi connectivity index (χ3n) is 2.59. The number of likely N-dealkylation sites (N-methyl/N-ethyl adjacent to an activating group) is 1. The van der Waals surface area contributed by atoms with Gasteiger partial charge in [-0.15, -0.1) is 0 Å². The molecule has 0 aliphatic carbocycles. The zero-order chi connectivity index (χ0) is 12.6. The first kappa shape index (κ1) is 15.4. The third-order valence-corrected chi connectivity index (χ3v) is 2.59. The summed E-state index contributed by atoms with van der Waals surface area (Å²) in [7, 11) is 4.05. The Bertz CT molecular complexity index is 195. The van der Waals surface area contributed by atoms with Gasteiger partial charge in [-0.2, -0.15) is 0 Å². The molecule has 0 aromatic rings. The van der Waals surface area contributed by atoms with Gasteiger partial charge in [0.25, 0.3) is 0 Å². The average Bonchev–Trinajstić information content (AvgIpc) is 2.23. The monoisotopic (exact) mass is 229 g/mol. The summed E-state index contributed by atoms with van der Waals surface area (Å²) in [5.41, 5.74) is 5.54. The molecule has 0 fully saturated rings. The molecular weight excluding hydrogens is 202 g/mol. The Morgan fingerprint density at radius 1 is 1.25 bits per heavy atom. The summed E-state index contributed by atoms with van der Waals surface area (Å²) in [5.74, 6) is 0.521. The lowest BCUT2D eigenvalue weighted by molar-refractivity contribution is -0.132. The molecule has 0 saturated heterocycles. The highest BCUT2D eigenvalue weighted by molar-refractivity contribution is 5.76. The van der Waals surface area contributed by atoms with Crippen molar-refractivity contribution in [1.29, 1.82) is 0 Å². The number of amides is 1. The van der Waals surface area contributed by atoms with Crippen molar-refractivity contribution in [1.82, 2.24) is 9.80 Å². The van der Waals surface area contributed by atoms with Crippen LogP contribution in [0.4, 0.5) is 0 Å². The van der Waals surface area contributed by atoms with E-state index >= 15 is 0 Å². The van der Waals surface area contributed by atoms with Gasteiger partial charge in [0.1, 0.15) is 0 Å². The SMILES string of the molecule is CCCN(CCN(C)C)C(=O)CC(C)CN. The lowest BCUT2D eigenvalue weighted by Crippen LogP contribution is -2.38. The quantitative estimate of drug-likeness (QED) is 0.669. The normalized spacial score (nSPS) is 12.9. The van der Waals surface area contributed by atoms with Gasteiger partial charge in [-0.3, -0.25) is 4.79 Å². The predicted molar refractivity (Wildman–Crippen MR) is 68.3 cm³/mol. The standard InChI is InChI=1S/C12H27N3O/c1-5-6-15(8-7-14(3)4)12(16)9-11(2)10-13/h11H,5-10,13H2,1-4H3. The summed E-state index contributed by atoms with van der Waals surface area (Å²) in [6.07, 6.45) is 1.58. The van der Waals surface area contributed by atoms with Crippen molar-refractivity contribution in [3.63, 3.8) is 0 Å². The van der Waals surface area contributed by atoms with Crippen LogP contribution in [0.5, 0.6) is 0 Å². The minimum absolute atomic E-state index is 0.238. The van der Waals surface area contributed by atoms with E-state index in [4.69, 9.17) is 5.73 Å². The second kappa shape index (κ2) is 8.53. The fourth-order valence-corrected chi connectivity index (χ4v) is 1.46. The van der Waals surface area contributed by atoms with E-state index in [1.807, 2.05) is 25.9 Å². The van der Waals surface area contributed by atoms with Crippen molar-refractivity contribution in [3.8, 4) is 0 Å². The van der Waals surface area contributed by atoms with E-state index in [9.17, 15) is 4.79 Å². The number of nitrogens with zero attached hydrogens (tertiary/aromatic N) is 2. The Hall–Kier alpha value is -0.610. The first-order valence-corrected chi connectivity index (χ1v) is 6.13. The Labute approximate surface area is 99.8 Å². The van der Waals surface area contributed by atoms with Gasteiger partial charge in [0.05, 0.1) is 0 Å². The van der Waals surface area contributed by atoms with Crippen LogP contribution in [0.3, 0.4) is 0 Å².